The van der Waals surface area contributed by atoms with Gasteiger partial charge in [0.2, 0.25) is 0 Å². The van der Waals surface area contributed by atoms with Gasteiger partial charge in [0.1, 0.15) is 19.7 Å². The number of fused-ring (bicyclic) bond motifs is 2. The first kappa shape index (κ1) is 17.4. The van der Waals surface area contributed by atoms with Gasteiger partial charge in [0.05, 0.1) is 5.60 Å². The van der Waals surface area contributed by atoms with Gasteiger partial charge in [-0.3, -0.25) is 9.69 Å². The van der Waals surface area contributed by atoms with Crippen molar-refractivity contribution in [3.05, 3.63) is 23.8 Å². The van der Waals surface area contributed by atoms with Crippen molar-refractivity contribution < 1.29 is 14.3 Å². The van der Waals surface area contributed by atoms with E-state index in [4.69, 9.17) is 23.1 Å². The lowest BCUT2D eigenvalue weighted by Gasteiger charge is -2.44. The smallest absolute Gasteiger partial charge is 0.261 e. The van der Waals surface area contributed by atoms with Gasteiger partial charge in [0, 0.05) is 31.6 Å². The molecule has 136 valence electrons. The highest BCUT2D eigenvalue weighted by Crippen LogP contribution is 2.48. The van der Waals surface area contributed by atoms with Gasteiger partial charge in [-0.15, -0.1) is 0 Å². The van der Waals surface area contributed by atoms with Crippen molar-refractivity contribution in [2.45, 2.75) is 50.4 Å². The largest absolute Gasteiger partial charge is 0.490 e. The van der Waals surface area contributed by atoms with Crippen molar-refractivity contribution >= 4 is 25.2 Å². The molecule has 4 rings (SSSR count). The minimum atomic E-state index is -1.05. The summed E-state index contributed by atoms with van der Waals surface area (Å²) in [6.07, 6.45) is 2.12. The van der Waals surface area contributed by atoms with Gasteiger partial charge >= 0.3 is 0 Å². The SMILES string of the molecule is [B]c1ccc2c(c1)C1(CC(C3CCOC(C)(C)C3)O2)N=C(N)N(C)C1=O. The van der Waals surface area contributed by atoms with Crippen LogP contribution >= 0.6 is 0 Å². The number of rotatable bonds is 1. The highest BCUT2D eigenvalue weighted by atomic mass is 16.5. The standard InChI is InChI=1S/C19H24BN3O3/c1-18(2)9-11(6-7-25-18)15-10-19(16(24)23(3)17(21)22-19)13-8-12(20)4-5-14(13)26-15/h4-5,8,11,15H,6-7,9-10H2,1-3H3,(H2,21,22). The first-order valence-corrected chi connectivity index (χ1v) is 9.06. The van der Waals surface area contributed by atoms with Gasteiger partial charge < -0.3 is 15.2 Å². The summed E-state index contributed by atoms with van der Waals surface area (Å²) in [6, 6.07) is 5.41. The second-order valence-electron chi connectivity index (χ2n) is 8.17. The molecule has 1 aromatic rings. The number of nitrogens with zero attached hydrogens (tertiary/aromatic N) is 2. The Hall–Kier alpha value is -2.02. The van der Waals surface area contributed by atoms with E-state index in [1.807, 2.05) is 6.07 Å². The summed E-state index contributed by atoms with van der Waals surface area (Å²) in [6.45, 7) is 4.88. The lowest BCUT2D eigenvalue weighted by molar-refractivity contribution is -0.134. The molecule has 3 atom stereocenters. The summed E-state index contributed by atoms with van der Waals surface area (Å²) in [5, 5.41) is 0. The highest BCUT2D eigenvalue weighted by molar-refractivity contribution is 6.32. The summed E-state index contributed by atoms with van der Waals surface area (Å²) in [7, 11) is 7.64. The summed E-state index contributed by atoms with van der Waals surface area (Å²) in [5.74, 6) is 1.06. The van der Waals surface area contributed by atoms with E-state index in [-0.39, 0.29) is 29.5 Å². The molecule has 3 unspecified atom stereocenters. The molecule has 3 aliphatic rings. The zero-order chi connectivity index (χ0) is 18.7. The third-order valence-corrected chi connectivity index (χ3v) is 5.79. The topological polar surface area (TPSA) is 77.2 Å². The molecular weight excluding hydrogens is 329 g/mol. The molecule has 0 aromatic heterocycles. The fourth-order valence-electron chi connectivity index (χ4n) is 4.45. The van der Waals surface area contributed by atoms with Crippen LogP contribution in [0, 0.1) is 5.92 Å². The Morgan fingerprint density at radius 1 is 1.35 bits per heavy atom. The van der Waals surface area contributed by atoms with E-state index < -0.39 is 5.54 Å². The minimum absolute atomic E-state index is 0.124. The molecule has 2 radical (unpaired) electrons. The van der Waals surface area contributed by atoms with Crippen LogP contribution in [-0.2, 0) is 15.1 Å². The van der Waals surface area contributed by atoms with Crippen LogP contribution in [0.4, 0.5) is 0 Å². The maximum Gasteiger partial charge on any atom is 0.261 e. The van der Waals surface area contributed by atoms with E-state index in [1.54, 1.807) is 19.2 Å². The third-order valence-electron chi connectivity index (χ3n) is 5.79. The molecule has 3 aliphatic heterocycles. The number of carbonyl (C=O) groups excluding carboxylic acids is 1. The zero-order valence-corrected chi connectivity index (χ0v) is 15.5. The number of aliphatic imine (C=N–C) groups is 1. The molecular formula is C19H24BN3O3. The van der Waals surface area contributed by atoms with Crippen LogP contribution in [0.3, 0.4) is 0 Å². The van der Waals surface area contributed by atoms with Gasteiger partial charge in [-0.1, -0.05) is 17.6 Å². The number of amides is 1. The van der Waals surface area contributed by atoms with E-state index in [0.717, 1.165) is 12.8 Å². The van der Waals surface area contributed by atoms with E-state index in [1.165, 1.54) is 4.90 Å². The molecule has 1 saturated heterocycles. The van der Waals surface area contributed by atoms with E-state index in [2.05, 4.69) is 18.8 Å². The fourth-order valence-corrected chi connectivity index (χ4v) is 4.45. The van der Waals surface area contributed by atoms with Crippen LogP contribution in [0.5, 0.6) is 5.75 Å². The molecule has 1 fully saturated rings. The molecule has 0 saturated carbocycles. The molecule has 2 N–H and O–H groups in total. The van der Waals surface area contributed by atoms with Gasteiger partial charge in [-0.25, -0.2) is 4.99 Å². The number of carbonyl (C=O) groups is 1. The number of hydrogen-bond acceptors (Lipinski definition) is 5. The normalized spacial score (nSPS) is 33.0. The van der Waals surface area contributed by atoms with Gasteiger partial charge in [-0.2, -0.15) is 0 Å². The number of guanidine groups is 1. The van der Waals surface area contributed by atoms with E-state index >= 15 is 0 Å². The minimum Gasteiger partial charge on any atom is -0.490 e. The van der Waals surface area contributed by atoms with Crippen LogP contribution in [0.15, 0.2) is 23.2 Å². The van der Waals surface area contributed by atoms with Gasteiger partial charge in [0.15, 0.2) is 11.5 Å². The lowest BCUT2D eigenvalue weighted by atomic mass is 9.74. The number of nitrogens with two attached hydrogens (primary N) is 1. The van der Waals surface area contributed by atoms with Crippen LogP contribution in [0.25, 0.3) is 0 Å². The molecule has 26 heavy (non-hydrogen) atoms. The van der Waals surface area contributed by atoms with Crippen LogP contribution in [-0.4, -0.2) is 50.0 Å². The van der Waals surface area contributed by atoms with Crippen molar-refractivity contribution in [1.29, 1.82) is 0 Å². The zero-order valence-electron chi connectivity index (χ0n) is 15.5. The average Bonchev–Trinajstić information content (AvgIpc) is 2.79. The Balaban J connectivity index is 1.77. The quantitative estimate of drug-likeness (QED) is 0.759. The van der Waals surface area contributed by atoms with Crippen molar-refractivity contribution in [3.8, 4) is 5.75 Å². The monoisotopic (exact) mass is 353 g/mol. The second-order valence-corrected chi connectivity index (χ2v) is 8.17. The van der Waals surface area contributed by atoms with Crippen molar-refractivity contribution in [2.24, 2.45) is 16.6 Å². The maximum absolute atomic E-state index is 13.1. The summed E-state index contributed by atoms with van der Waals surface area (Å²) < 4.78 is 12.2. The van der Waals surface area contributed by atoms with Crippen molar-refractivity contribution in [1.82, 2.24) is 4.90 Å². The highest BCUT2D eigenvalue weighted by Gasteiger charge is 2.55. The number of benzene rings is 1. The predicted octanol–water partition coefficient (Wildman–Crippen LogP) is 0.819. The molecule has 1 spiro atoms. The Labute approximate surface area is 155 Å². The summed E-state index contributed by atoms with van der Waals surface area (Å²) in [4.78, 5) is 19.2. The predicted molar refractivity (Wildman–Crippen MR) is 99.7 cm³/mol. The molecule has 7 heteroatoms. The van der Waals surface area contributed by atoms with Crippen molar-refractivity contribution in [3.63, 3.8) is 0 Å². The Bertz CT molecular complexity index is 794. The molecule has 6 nitrogen and oxygen atoms in total. The summed E-state index contributed by atoms with van der Waals surface area (Å²) >= 11 is 0. The van der Waals surface area contributed by atoms with E-state index in [9.17, 15) is 4.79 Å². The Morgan fingerprint density at radius 2 is 2.12 bits per heavy atom. The first-order chi connectivity index (χ1) is 12.2. The summed E-state index contributed by atoms with van der Waals surface area (Å²) in [5.41, 5.74) is 6.04. The van der Waals surface area contributed by atoms with Gasteiger partial charge in [-0.05, 0) is 32.8 Å². The molecule has 1 aromatic carbocycles. The van der Waals surface area contributed by atoms with Crippen molar-refractivity contribution in [2.75, 3.05) is 13.7 Å². The Morgan fingerprint density at radius 3 is 2.77 bits per heavy atom. The molecule has 0 bridgehead atoms. The average molecular weight is 353 g/mol. The van der Waals surface area contributed by atoms with Crippen LogP contribution < -0.4 is 15.9 Å². The molecule has 1 amide bonds. The number of ether oxygens (including phenoxy) is 2. The lowest BCUT2D eigenvalue weighted by Crippen LogP contribution is -2.49. The third kappa shape index (κ3) is 2.60. The first-order valence-electron chi connectivity index (χ1n) is 9.06. The van der Waals surface area contributed by atoms with E-state index in [0.29, 0.717) is 29.8 Å². The molecule has 0 aliphatic carbocycles. The maximum atomic E-state index is 13.1. The van der Waals surface area contributed by atoms with Crippen LogP contribution in [0.1, 0.15) is 38.7 Å². The van der Waals surface area contributed by atoms with Crippen LogP contribution in [0.2, 0.25) is 0 Å². The van der Waals surface area contributed by atoms with Gasteiger partial charge in [0.25, 0.3) is 5.91 Å². The number of likely N-dealkylation sites (N-methyl/N-ethyl adjacent to an activating group) is 1. The molecule has 3 heterocycles. The fraction of sp³-hybridized carbons (Fsp3) is 0.579. The second kappa shape index (κ2) is 5.74. The number of hydrogen-bond donors (Lipinski definition) is 1. The Kier molecular flexibility index (Phi) is 3.84.